The third-order valence-corrected chi connectivity index (χ3v) is 2.75. The highest BCUT2D eigenvalue weighted by atomic mass is 16.5. The molecule has 0 fully saturated rings. The standard InChI is InChI=1S/C14H13N3O/c1-11-13(5-4-7-15-11)18-10-12-9-17-8-3-2-6-14(17)16-12/h2-9H,10H2,1H3. The van der Waals surface area contributed by atoms with E-state index >= 15 is 0 Å². The smallest absolute Gasteiger partial charge is 0.141 e. The van der Waals surface area contributed by atoms with Crippen LogP contribution >= 0.6 is 0 Å². The number of ether oxygens (including phenoxy) is 1. The van der Waals surface area contributed by atoms with Crippen LogP contribution in [0.15, 0.2) is 48.9 Å². The average Bonchev–Trinajstić information content (AvgIpc) is 2.80. The van der Waals surface area contributed by atoms with Crippen LogP contribution in [0.1, 0.15) is 11.4 Å². The fourth-order valence-corrected chi connectivity index (χ4v) is 1.83. The van der Waals surface area contributed by atoms with Gasteiger partial charge in [0.15, 0.2) is 0 Å². The SMILES string of the molecule is Cc1ncccc1OCc1cn2ccccc2n1. The zero-order chi connectivity index (χ0) is 12.4. The van der Waals surface area contributed by atoms with Crippen LogP contribution < -0.4 is 4.74 Å². The number of pyridine rings is 2. The van der Waals surface area contributed by atoms with Gasteiger partial charge in [0.1, 0.15) is 18.0 Å². The molecule has 4 heteroatoms. The van der Waals surface area contributed by atoms with Gasteiger partial charge in [0.05, 0.1) is 11.4 Å². The van der Waals surface area contributed by atoms with E-state index in [1.807, 2.05) is 54.0 Å². The van der Waals surface area contributed by atoms with Crippen molar-refractivity contribution in [1.29, 1.82) is 0 Å². The first kappa shape index (κ1) is 10.8. The molecule has 0 saturated carbocycles. The Morgan fingerprint density at radius 2 is 2.17 bits per heavy atom. The van der Waals surface area contributed by atoms with Crippen LogP contribution in [-0.4, -0.2) is 14.4 Å². The van der Waals surface area contributed by atoms with Crippen LogP contribution in [0.25, 0.3) is 5.65 Å². The molecule has 0 unspecified atom stereocenters. The maximum atomic E-state index is 5.71. The number of aromatic nitrogens is 3. The van der Waals surface area contributed by atoms with Crippen LogP contribution in [-0.2, 0) is 6.61 Å². The first-order valence-corrected chi connectivity index (χ1v) is 5.80. The Morgan fingerprint density at radius 3 is 3.00 bits per heavy atom. The molecule has 90 valence electrons. The Bertz CT molecular complexity index is 642. The fourth-order valence-electron chi connectivity index (χ4n) is 1.83. The van der Waals surface area contributed by atoms with Crippen molar-refractivity contribution in [2.75, 3.05) is 0 Å². The van der Waals surface area contributed by atoms with Crippen LogP contribution in [0, 0.1) is 6.92 Å². The molecule has 0 aliphatic rings. The maximum absolute atomic E-state index is 5.71. The van der Waals surface area contributed by atoms with Crippen molar-refractivity contribution in [2.24, 2.45) is 0 Å². The van der Waals surface area contributed by atoms with Gasteiger partial charge in [-0.3, -0.25) is 4.98 Å². The predicted molar refractivity (Wildman–Crippen MR) is 68.5 cm³/mol. The van der Waals surface area contributed by atoms with Crippen LogP contribution in [0.5, 0.6) is 5.75 Å². The van der Waals surface area contributed by atoms with Crippen LogP contribution in [0.4, 0.5) is 0 Å². The van der Waals surface area contributed by atoms with E-state index in [2.05, 4.69) is 9.97 Å². The van der Waals surface area contributed by atoms with Crippen LogP contribution in [0.2, 0.25) is 0 Å². The van der Waals surface area contributed by atoms with E-state index < -0.39 is 0 Å². The Labute approximate surface area is 105 Å². The van der Waals surface area contributed by atoms with Gasteiger partial charge >= 0.3 is 0 Å². The molecule has 0 N–H and O–H groups in total. The van der Waals surface area contributed by atoms with Gasteiger partial charge in [-0.15, -0.1) is 0 Å². The first-order valence-electron chi connectivity index (χ1n) is 5.80. The molecule has 0 amide bonds. The summed E-state index contributed by atoms with van der Waals surface area (Å²) in [6.07, 6.45) is 5.70. The molecule has 0 atom stereocenters. The molecule has 0 bridgehead atoms. The number of fused-ring (bicyclic) bond motifs is 1. The Balaban J connectivity index is 1.79. The van der Waals surface area contributed by atoms with Gasteiger partial charge in [-0.25, -0.2) is 4.98 Å². The fraction of sp³-hybridized carbons (Fsp3) is 0.143. The van der Waals surface area contributed by atoms with Crippen molar-refractivity contribution in [3.8, 4) is 5.75 Å². The van der Waals surface area contributed by atoms with Crippen LogP contribution in [0.3, 0.4) is 0 Å². The summed E-state index contributed by atoms with van der Waals surface area (Å²) < 4.78 is 7.69. The van der Waals surface area contributed by atoms with E-state index in [-0.39, 0.29) is 0 Å². The highest BCUT2D eigenvalue weighted by Gasteiger charge is 2.03. The largest absolute Gasteiger partial charge is 0.485 e. The maximum Gasteiger partial charge on any atom is 0.141 e. The zero-order valence-corrected chi connectivity index (χ0v) is 10.1. The van der Waals surface area contributed by atoms with Gasteiger partial charge in [0, 0.05) is 18.6 Å². The van der Waals surface area contributed by atoms with E-state index in [4.69, 9.17) is 4.74 Å². The lowest BCUT2D eigenvalue weighted by Gasteiger charge is -2.05. The normalized spacial score (nSPS) is 10.7. The molecule has 0 radical (unpaired) electrons. The topological polar surface area (TPSA) is 39.4 Å². The molecule has 4 nitrogen and oxygen atoms in total. The van der Waals surface area contributed by atoms with E-state index in [1.165, 1.54) is 0 Å². The minimum Gasteiger partial charge on any atom is -0.485 e. The molecule has 3 aromatic rings. The second kappa shape index (κ2) is 4.49. The van der Waals surface area contributed by atoms with E-state index in [9.17, 15) is 0 Å². The monoisotopic (exact) mass is 239 g/mol. The van der Waals surface area contributed by atoms with E-state index in [0.717, 1.165) is 22.8 Å². The minimum absolute atomic E-state index is 0.453. The Morgan fingerprint density at radius 1 is 1.22 bits per heavy atom. The average molecular weight is 239 g/mol. The van der Waals surface area contributed by atoms with Gasteiger partial charge in [-0.2, -0.15) is 0 Å². The number of hydrogen-bond acceptors (Lipinski definition) is 3. The summed E-state index contributed by atoms with van der Waals surface area (Å²) in [5.41, 5.74) is 2.73. The summed E-state index contributed by atoms with van der Waals surface area (Å²) in [6, 6.07) is 9.70. The molecule has 3 heterocycles. The summed E-state index contributed by atoms with van der Waals surface area (Å²) in [6.45, 7) is 2.38. The third kappa shape index (κ3) is 2.05. The summed E-state index contributed by atoms with van der Waals surface area (Å²) in [7, 11) is 0. The Kier molecular flexibility index (Phi) is 2.68. The highest BCUT2D eigenvalue weighted by molar-refractivity contribution is 5.39. The molecule has 3 rings (SSSR count). The van der Waals surface area contributed by atoms with Crippen molar-refractivity contribution in [3.63, 3.8) is 0 Å². The van der Waals surface area contributed by atoms with Gasteiger partial charge in [-0.05, 0) is 31.2 Å². The van der Waals surface area contributed by atoms with Crippen molar-refractivity contribution in [3.05, 3.63) is 60.3 Å². The zero-order valence-electron chi connectivity index (χ0n) is 10.1. The highest BCUT2D eigenvalue weighted by Crippen LogP contribution is 2.15. The molecule has 0 aromatic carbocycles. The Hall–Kier alpha value is -2.36. The lowest BCUT2D eigenvalue weighted by atomic mass is 10.3. The van der Waals surface area contributed by atoms with Crippen molar-refractivity contribution in [2.45, 2.75) is 13.5 Å². The van der Waals surface area contributed by atoms with Crippen molar-refractivity contribution < 1.29 is 4.74 Å². The van der Waals surface area contributed by atoms with Gasteiger partial charge in [0.2, 0.25) is 0 Å². The lowest BCUT2D eigenvalue weighted by Crippen LogP contribution is -1.98. The molecule has 18 heavy (non-hydrogen) atoms. The first-order chi connectivity index (χ1) is 8.83. The second-order valence-corrected chi connectivity index (χ2v) is 4.07. The van der Waals surface area contributed by atoms with E-state index in [1.54, 1.807) is 6.20 Å². The third-order valence-electron chi connectivity index (χ3n) is 2.75. The summed E-state index contributed by atoms with van der Waals surface area (Å²) in [5.74, 6) is 0.801. The lowest BCUT2D eigenvalue weighted by molar-refractivity contribution is 0.298. The van der Waals surface area contributed by atoms with Crippen molar-refractivity contribution in [1.82, 2.24) is 14.4 Å². The summed E-state index contributed by atoms with van der Waals surface area (Å²) in [4.78, 5) is 8.66. The molecule has 0 saturated heterocycles. The number of imidazole rings is 1. The minimum atomic E-state index is 0.453. The van der Waals surface area contributed by atoms with E-state index in [0.29, 0.717) is 6.61 Å². The number of rotatable bonds is 3. The van der Waals surface area contributed by atoms with Gasteiger partial charge in [-0.1, -0.05) is 6.07 Å². The summed E-state index contributed by atoms with van der Waals surface area (Å²) >= 11 is 0. The van der Waals surface area contributed by atoms with Gasteiger partial charge < -0.3 is 9.14 Å². The van der Waals surface area contributed by atoms with Gasteiger partial charge in [0.25, 0.3) is 0 Å². The molecule has 0 aliphatic carbocycles. The second-order valence-electron chi connectivity index (χ2n) is 4.07. The number of aryl methyl sites for hydroxylation is 1. The quantitative estimate of drug-likeness (QED) is 0.705. The molecule has 0 aliphatic heterocycles. The van der Waals surface area contributed by atoms with Crippen molar-refractivity contribution >= 4 is 5.65 Å². The molecule has 3 aromatic heterocycles. The predicted octanol–water partition coefficient (Wildman–Crippen LogP) is 2.62. The molecular formula is C14H13N3O. The number of hydrogen-bond donors (Lipinski definition) is 0. The molecule has 0 spiro atoms. The molecular weight excluding hydrogens is 226 g/mol. The number of nitrogens with zero attached hydrogens (tertiary/aromatic N) is 3. The summed E-state index contributed by atoms with van der Waals surface area (Å²) in [5, 5.41) is 0.